The second-order valence-electron chi connectivity index (χ2n) is 7.93. The van der Waals surface area contributed by atoms with Crippen LogP contribution in [0, 0.1) is 0 Å². The van der Waals surface area contributed by atoms with Gasteiger partial charge in [-0.1, -0.05) is 0 Å². The lowest BCUT2D eigenvalue weighted by molar-refractivity contribution is 0.0795. The molecule has 0 unspecified atom stereocenters. The number of halogens is 2. The molecule has 2 aliphatic rings. The van der Waals surface area contributed by atoms with E-state index in [4.69, 9.17) is 4.74 Å². The molecule has 2 aliphatic heterocycles. The van der Waals surface area contributed by atoms with Gasteiger partial charge in [0, 0.05) is 51.2 Å². The van der Waals surface area contributed by atoms with Crippen LogP contribution >= 0.6 is 0 Å². The van der Waals surface area contributed by atoms with Gasteiger partial charge in [0.15, 0.2) is 0 Å². The number of rotatable bonds is 5. The zero-order valence-electron chi connectivity index (χ0n) is 17.1. The van der Waals surface area contributed by atoms with Crippen LogP contribution in [0.5, 0.6) is 0 Å². The van der Waals surface area contributed by atoms with Crippen molar-refractivity contribution in [1.82, 2.24) is 24.0 Å². The molecule has 1 fully saturated rings. The van der Waals surface area contributed by atoms with E-state index < -0.39 is 18.5 Å². The van der Waals surface area contributed by atoms with Crippen LogP contribution in [0.25, 0.3) is 10.9 Å². The van der Waals surface area contributed by atoms with Crippen molar-refractivity contribution in [2.75, 3.05) is 37.7 Å². The molecule has 2 aromatic heterocycles. The van der Waals surface area contributed by atoms with Gasteiger partial charge >= 0.3 is 0 Å². The maximum Gasteiger partial charge on any atom is 0.261 e. The van der Waals surface area contributed by atoms with Gasteiger partial charge in [-0.15, -0.1) is 0 Å². The Labute approximate surface area is 177 Å². The van der Waals surface area contributed by atoms with Gasteiger partial charge in [-0.05, 0) is 18.2 Å². The number of piperazine rings is 1. The third-order valence-electron chi connectivity index (χ3n) is 5.98. The Balaban J connectivity index is 1.26. The van der Waals surface area contributed by atoms with E-state index in [0.717, 1.165) is 62.0 Å². The topological polar surface area (TPSA) is 68.4 Å². The summed E-state index contributed by atoms with van der Waals surface area (Å²) in [6, 6.07) is 5.43. The standard InChI is InChI=1S/C21H24F2N6O2/c22-19(23)12-28-14-25-18-9-15(1-2-17(18)21(28)30)27-5-3-26(4-6-27)11-16-10-24-20-13-31-8-7-29(16)20/h1-2,9-10,14,19H,3-8,11-13H2. The zero-order chi connectivity index (χ0) is 21.4. The van der Waals surface area contributed by atoms with Crippen LogP contribution in [0.4, 0.5) is 14.5 Å². The highest BCUT2D eigenvalue weighted by atomic mass is 19.3. The van der Waals surface area contributed by atoms with E-state index in [1.54, 1.807) is 6.07 Å². The molecule has 1 aromatic carbocycles. The Kier molecular flexibility index (Phi) is 5.41. The zero-order valence-corrected chi connectivity index (χ0v) is 17.1. The van der Waals surface area contributed by atoms with Gasteiger partial charge in [-0.2, -0.15) is 0 Å². The lowest BCUT2D eigenvalue weighted by Gasteiger charge is -2.36. The predicted molar refractivity (Wildman–Crippen MR) is 111 cm³/mol. The van der Waals surface area contributed by atoms with Crippen molar-refractivity contribution in [2.45, 2.75) is 32.7 Å². The monoisotopic (exact) mass is 430 g/mol. The summed E-state index contributed by atoms with van der Waals surface area (Å²) in [4.78, 5) is 25.8. The normalized spacial score (nSPS) is 17.5. The molecule has 5 rings (SSSR count). The first-order valence-electron chi connectivity index (χ1n) is 10.4. The van der Waals surface area contributed by atoms with E-state index in [9.17, 15) is 13.6 Å². The quantitative estimate of drug-likeness (QED) is 0.614. The van der Waals surface area contributed by atoms with Gasteiger partial charge in [0.05, 0.1) is 36.1 Å². The minimum absolute atomic E-state index is 0.361. The summed E-state index contributed by atoms with van der Waals surface area (Å²) in [6.07, 6.45) is 0.566. The fourth-order valence-electron chi connectivity index (χ4n) is 4.30. The minimum atomic E-state index is -2.59. The summed E-state index contributed by atoms with van der Waals surface area (Å²) in [5.41, 5.74) is 2.31. The van der Waals surface area contributed by atoms with Crippen LogP contribution in [-0.4, -0.2) is 63.2 Å². The van der Waals surface area contributed by atoms with Crippen molar-refractivity contribution in [3.05, 3.63) is 52.6 Å². The number of aromatic nitrogens is 4. The first kappa shape index (κ1) is 20.1. The van der Waals surface area contributed by atoms with E-state index in [1.807, 2.05) is 18.3 Å². The fraction of sp³-hybridized carbons (Fsp3) is 0.476. The molecule has 0 N–H and O–H groups in total. The van der Waals surface area contributed by atoms with E-state index >= 15 is 0 Å². The van der Waals surface area contributed by atoms with Crippen molar-refractivity contribution < 1.29 is 13.5 Å². The number of hydrogen-bond acceptors (Lipinski definition) is 6. The second kappa shape index (κ2) is 8.35. The molecule has 0 amide bonds. The Morgan fingerprint density at radius 3 is 2.74 bits per heavy atom. The lowest BCUT2D eigenvalue weighted by Crippen LogP contribution is -2.46. The van der Waals surface area contributed by atoms with Crippen LogP contribution in [0.15, 0.2) is 35.5 Å². The molecule has 3 aromatic rings. The number of hydrogen-bond donors (Lipinski definition) is 0. The number of anilines is 1. The van der Waals surface area contributed by atoms with Gasteiger partial charge in [0.25, 0.3) is 12.0 Å². The maximum atomic E-state index is 12.6. The van der Waals surface area contributed by atoms with Crippen molar-refractivity contribution in [1.29, 1.82) is 0 Å². The number of imidazole rings is 1. The Morgan fingerprint density at radius 1 is 1.10 bits per heavy atom. The summed E-state index contributed by atoms with van der Waals surface area (Å²) in [5.74, 6) is 0.996. The van der Waals surface area contributed by atoms with Gasteiger partial charge < -0.3 is 14.2 Å². The smallest absolute Gasteiger partial charge is 0.261 e. The molecule has 0 atom stereocenters. The van der Waals surface area contributed by atoms with Crippen LogP contribution < -0.4 is 10.5 Å². The van der Waals surface area contributed by atoms with Gasteiger partial charge in [0.2, 0.25) is 0 Å². The van der Waals surface area contributed by atoms with Crippen LogP contribution in [0.2, 0.25) is 0 Å². The largest absolute Gasteiger partial charge is 0.372 e. The lowest BCUT2D eigenvalue weighted by atomic mass is 10.2. The number of nitrogens with zero attached hydrogens (tertiary/aromatic N) is 6. The third-order valence-corrected chi connectivity index (χ3v) is 5.98. The summed E-state index contributed by atoms with van der Waals surface area (Å²) < 4.78 is 33.9. The van der Waals surface area contributed by atoms with Crippen LogP contribution in [0.3, 0.4) is 0 Å². The maximum absolute atomic E-state index is 12.6. The number of ether oxygens (including phenoxy) is 1. The predicted octanol–water partition coefficient (Wildman–Crippen LogP) is 1.71. The summed E-state index contributed by atoms with van der Waals surface area (Å²) >= 11 is 0. The molecule has 0 radical (unpaired) electrons. The molecule has 0 saturated carbocycles. The molecule has 1 saturated heterocycles. The highest BCUT2D eigenvalue weighted by Crippen LogP contribution is 2.22. The average Bonchev–Trinajstić information content (AvgIpc) is 3.19. The van der Waals surface area contributed by atoms with E-state index in [2.05, 4.69) is 24.3 Å². The van der Waals surface area contributed by atoms with E-state index in [0.29, 0.717) is 17.5 Å². The first-order chi connectivity index (χ1) is 15.1. The Bertz CT molecular complexity index is 1140. The summed E-state index contributed by atoms with van der Waals surface area (Å²) in [5, 5.41) is 0.361. The Morgan fingerprint density at radius 2 is 1.94 bits per heavy atom. The number of benzene rings is 1. The minimum Gasteiger partial charge on any atom is -0.372 e. The molecule has 0 aliphatic carbocycles. The molecule has 31 heavy (non-hydrogen) atoms. The van der Waals surface area contributed by atoms with Crippen molar-refractivity contribution in [2.24, 2.45) is 0 Å². The van der Waals surface area contributed by atoms with E-state index in [-0.39, 0.29) is 0 Å². The SMILES string of the molecule is O=c1c2ccc(N3CCN(Cc4cnc5n4CCOC5)CC3)cc2ncn1CC(F)F. The van der Waals surface area contributed by atoms with Crippen molar-refractivity contribution in [3.8, 4) is 0 Å². The van der Waals surface area contributed by atoms with Crippen molar-refractivity contribution >= 4 is 16.6 Å². The van der Waals surface area contributed by atoms with Crippen molar-refractivity contribution in [3.63, 3.8) is 0 Å². The molecule has 10 heteroatoms. The van der Waals surface area contributed by atoms with Crippen LogP contribution in [0.1, 0.15) is 11.5 Å². The molecular weight excluding hydrogens is 406 g/mol. The summed E-state index contributed by atoms with van der Waals surface area (Å²) in [6.45, 7) is 5.94. The van der Waals surface area contributed by atoms with Gasteiger partial charge in [0.1, 0.15) is 12.4 Å². The average molecular weight is 430 g/mol. The molecule has 8 nitrogen and oxygen atoms in total. The molecule has 0 bridgehead atoms. The molecule has 4 heterocycles. The Hall–Kier alpha value is -2.85. The number of fused-ring (bicyclic) bond motifs is 2. The highest BCUT2D eigenvalue weighted by Gasteiger charge is 2.21. The molecule has 164 valence electrons. The summed E-state index contributed by atoms with van der Waals surface area (Å²) in [7, 11) is 0. The number of alkyl halides is 2. The fourth-order valence-corrected chi connectivity index (χ4v) is 4.30. The second-order valence-corrected chi connectivity index (χ2v) is 7.93. The third kappa shape index (κ3) is 4.05. The molecular formula is C21H24F2N6O2. The van der Waals surface area contributed by atoms with Gasteiger partial charge in [-0.25, -0.2) is 18.7 Å². The molecule has 0 spiro atoms. The highest BCUT2D eigenvalue weighted by molar-refractivity contribution is 5.81. The van der Waals surface area contributed by atoms with Crippen LogP contribution in [-0.2, 0) is 31.0 Å². The first-order valence-corrected chi connectivity index (χ1v) is 10.4. The van der Waals surface area contributed by atoms with E-state index in [1.165, 1.54) is 12.0 Å². The van der Waals surface area contributed by atoms with Gasteiger partial charge in [-0.3, -0.25) is 14.3 Å².